The van der Waals surface area contributed by atoms with Gasteiger partial charge in [0.25, 0.3) is 5.91 Å². The summed E-state index contributed by atoms with van der Waals surface area (Å²) in [5.74, 6) is 0.418. The van der Waals surface area contributed by atoms with Crippen LogP contribution in [0.4, 0.5) is 5.69 Å². The van der Waals surface area contributed by atoms with Crippen LogP contribution >= 0.6 is 15.9 Å². The number of carbonyl (C=O) groups is 1. The maximum atomic E-state index is 13.4. The van der Waals surface area contributed by atoms with Crippen LogP contribution in [0.2, 0.25) is 0 Å². The largest absolute Gasteiger partial charge is 0.491 e. The van der Waals surface area contributed by atoms with Gasteiger partial charge < -0.3 is 29.0 Å². The molecule has 0 atom stereocenters. The third-order valence-corrected chi connectivity index (χ3v) is 6.68. The molecule has 0 aliphatic rings. The summed E-state index contributed by atoms with van der Waals surface area (Å²) in [6, 6.07) is 26.5. The van der Waals surface area contributed by atoms with Crippen molar-refractivity contribution < 1.29 is 28.5 Å². The lowest BCUT2D eigenvalue weighted by molar-refractivity contribution is -0.00450. The highest BCUT2D eigenvalue weighted by Crippen LogP contribution is 2.25. The normalized spacial score (nSPS) is 11.0. The maximum Gasteiger partial charge on any atom is 0.274 e. The van der Waals surface area contributed by atoms with Crippen LogP contribution in [-0.4, -0.2) is 75.1 Å². The zero-order valence-corrected chi connectivity index (χ0v) is 26.0. The van der Waals surface area contributed by atoms with Crippen LogP contribution in [0, 0.1) is 0 Å². The first-order valence-electron chi connectivity index (χ1n) is 14.4. The Morgan fingerprint density at radius 1 is 0.744 bits per heavy atom. The van der Waals surface area contributed by atoms with E-state index in [4.69, 9.17) is 28.8 Å². The molecule has 0 spiro atoms. The molecular weight excluding hydrogens is 614 g/mol. The predicted octanol–water partition coefficient (Wildman–Crippen LogP) is 6.41. The molecule has 4 aromatic rings. The molecule has 228 valence electrons. The Balaban J connectivity index is 1.19. The molecule has 10 heteroatoms. The average Bonchev–Trinajstić information content (AvgIpc) is 3.49. The molecule has 3 aromatic carbocycles. The maximum absolute atomic E-state index is 13.4. The number of benzene rings is 3. The lowest BCUT2D eigenvalue weighted by Crippen LogP contribution is -2.17. The van der Waals surface area contributed by atoms with Gasteiger partial charge in [-0.2, -0.15) is 5.10 Å². The molecule has 0 saturated carbocycles. The summed E-state index contributed by atoms with van der Waals surface area (Å²) in [6.45, 7) is 6.94. The van der Waals surface area contributed by atoms with Crippen LogP contribution in [0.3, 0.4) is 0 Å². The van der Waals surface area contributed by atoms with Gasteiger partial charge >= 0.3 is 0 Å². The first-order chi connectivity index (χ1) is 21.1. The number of aromatic nitrogens is 2. The van der Waals surface area contributed by atoms with Crippen molar-refractivity contribution in [3.05, 3.63) is 95.1 Å². The minimum absolute atomic E-state index is 0.267. The second-order valence-electron chi connectivity index (χ2n) is 9.45. The highest BCUT2D eigenvalue weighted by molar-refractivity contribution is 9.10. The van der Waals surface area contributed by atoms with E-state index in [1.54, 1.807) is 22.9 Å². The molecule has 0 bridgehead atoms. The van der Waals surface area contributed by atoms with Gasteiger partial charge in [0.15, 0.2) is 0 Å². The second kappa shape index (κ2) is 18.2. The fourth-order valence-corrected chi connectivity index (χ4v) is 4.29. The molecule has 1 aromatic heterocycles. The molecule has 1 heterocycles. The van der Waals surface area contributed by atoms with Crippen LogP contribution in [-0.2, 0) is 18.9 Å². The number of carbonyl (C=O) groups excluding carboxylic acids is 1. The molecule has 1 amide bonds. The Morgan fingerprint density at radius 2 is 1.33 bits per heavy atom. The lowest BCUT2D eigenvalue weighted by Gasteiger charge is -2.10. The minimum Gasteiger partial charge on any atom is -0.491 e. The van der Waals surface area contributed by atoms with Crippen LogP contribution in [0.1, 0.15) is 23.8 Å². The standard InChI is InChI=1S/C33H38BrN3O6/c1-2-16-39-17-18-40-19-20-41-21-22-42-23-24-43-30-14-12-28(13-15-30)35-33(38)32-25-31(26-8-10-27(34)11-9-26)36-37(32)29-6-4-3-5-7-29/h3-15,25H,2,16-24H2,1H3,(H,35,38). The monoisotopic (exact) mass is 651 g/mol. The summed E-state index contributed by atoms with van der Waals surface area (Å²) >= 11 is 3.47. The van der Waals surface area contributed by atoms with Gasteiger partial charge in [-0.1, -0.05) is 53.2 Å². The third-order valence-electron chi connectivity index (χ3n) is 6.16. The number of anilines is 1. The van der Waals surface area contributed by atoms with E-state index in [2.05, 4.69) is 28.2 Å². The van der Waals surface area contributed by atoms with Crippen molar-refractivity contribution in [3.8, 4) is 22.7 Å². The number of ether oxygens (including phenoxy) is 5. The molecule has 9 nitrogen and oxygen atoms in total. The van der Waals surface area contributed by atoms with Crippen LogP contribution in [0.15, 0.2) is 89.4 Å². The van der Waals surface area contributed by atoms with E-state index >= 15 is 0 Å². The van der Waals surface area contributed by atoms with Crippen LogP contribution in [0.5, 0.6) is 5.75 Å². The Hall–Kier alpha value is -3.54. The van der Waals surface area contributed by atoms with Gasteiger partial charge in [0.2, 0.25) is 0 Å². The van der Waals surface area contributed by atoms with Gasteiger partial charge in [-0.15, -0.1) is 0 Å². The van der Waals surface area contributed by atoms with E-state index in [0.29, 0.717) is 75.7 Å². The van der Waals surface area contributed by atoms with Gasteiger partial charge in [0, 0.05) is 22.3 Å². The summed E-state index contributed by atoms with van der Waals surface area (Å²) in [6.07, 6.45) is 1.01. The number of rotatable bonds is 19. The molecule has 0 fully saturated rings. The minimum atomic E-state index is -0.267. The number of nitrogens with one attached hydrogen (secondary N) is 1. The smallest absolute Gasteiger partial charge is 0.274 e. The van der Waals surface area contributed by atoms with E-state index in [-0.39, 0.29) is 5.91 Å². The van der Waals surface area contributed by atoms with Gasteiger partial charge in [-0.25, -0.2) is 4.68 Å². The predicted molar refractivity (Wildman–Crippen MR) is 170 cm³/mol. The molecule has 0 unspecified atom stereocenters. The average molecular weight is 653 g/mol. The molecule has 0 aliphatic carbocycles. The molecule has 0 radical (unpaired) electrons. The van der Waals surface area contributed by atoms with Crippen molar-refractivity contribution in [1.29, 1.82) is 0 Å². The summed E-state index contributed by atoms with van der Waals surface area (Å²) in [7, 11) is 0. The van der Waals surface area contributed by atoms with Crippen molar-refractivity contribution in [1.82, 2.24) is 9.78 Å². The molecule has 1 N–H and O–H groups in total. The number of halogens is 1. The van der Waals surface area contributed by atoms with E-state index in [9.17, 15) is 4.79 Å². The highest BCUT2D eigenvalue weighted by Gasteiger charge is 2.18. The fraction of sp³-hybridized carbons (Fsp3) is 0.333. The van der Waals surface area contributed by atoms with Gasteiger partial charge in [-0.3, -0.25) is 4.79 Å². The first kappa shape index (κ1) is 32.4. The van der Waals surface area contributed by atoms with Crippen LogP contribution < -0.4 is 10.1 Å². The molecule has 0 saturated heterocycles. The Bertz CT molecular complexity index is 1360. The van der Waals surface area contributed by atoms with Gasteiger partial charge in [0.1, 0.15) is 18.1 Å². The molecule has 4 rings (SSSR count). The third kappa shape index (κ3) is 10.9. The number of amides is 1. The van der Waals surface area contributed by atoms with Gasteiger partial charge in [-0.05, 0) is 61.0 Å². The van der Waals surface area contributed by atoms with Crippen molar-refractivity contribution in [2.75, 3.05) is 64.8 Å². The zero-order valence-electron chi connectivity index (χ0n) is 24.4. The van der Waals surface area contributed by atoms with Crippen molar-refractivity contribution >= 4 is 27.5 Å². The number of hydrogen-bond acceptors (Lipinski definition) is 7. The number of para-hydroxylation sites is 1. The Kier molecular flexibility index (Phi) is 13.7. The topological polar surface area (TPSA) is 93.1 Å². The summed E-state index contributed by atoms with van der Waals surface area (Å²) < 4.78 is 30.2. The van der Waals surface area contributed by atoms with Crippen LogP contribution in [0.25, 0.3) is 16.9 Å². The van der Waals surface area contributed by atoms with E-state index in [0.717, 1.165) is 28.8 Å². The summed E-state index contributed by atoms with van der Waals surface area (Å²) in [4.78, 5) is 13.4. The lowest BCUT2D eigenvalue weighted by atomic mass is 10.1. The zero-order chi connectivity index (χ0) is 30.1. The molecule has 43 heavy (non-hydrogen) atoms. The quantitative estimate of drug-likeness (QED) is 0.117. The highest BCUT2D eigenvalue weighted by atomic mass is 79.9. The fourth-order valence-electron chi connectivity index (χ4n) is 4.02. The van der Waals surface area contributed by atoms with E-state index in [1.165, 1.54) is 0 Å². The number of hydrogen-bond donors (Lipinski definition) is 1. The molecular formula is C33H38BrN3O6. The van der Waals surface area contributed by atoms with E-state index in [1.807, 2.05) is 66.7 Å². The van der Waals surface area contributed by atoms with Crippen molar-refractivity contribution in [3.63, 3.8) is 0 Å². The first-order valence-corrected chi connectivity index (χ1v) is 15.2. The van der Waals surface area contributed by atoms with Crippen molar-refractivity contribution in [2.45, 2.75) is 13.3 Å². The number of nitrogens with zero attached hydrogens (tertiary/aromatic N) is 2. The Labute approximate surface area is 261 Å². The SMILES string of the molecule is CCCOCCOCCOCCOCCOc1ccc(NC(=O)c2cc(-c3ccc(Br)cc3)nn2-c2ccccc2)cc1. The van der Waals surface area contributed by atoms with Gasteiger partial charge in [0.05, 0.1) is 57.6 Å². The summed E-state index contributed by atoms with van der Waals surface area (Å²) in [5, 5.41) is 7.71. The molecule has 0 aliphatic heterocycles. The van der Waals surface area contributed by atoms with Crippen molar-refractivity contribution in [2.24, 2.45) is 0 Å². The summed E-state index contributed by atoms with van der Waals surface area (Å²) in [5.41, 5.74) is 3.49. The Morgan fingerprint density at radius 3 is 1.93 bits per heavy atom. The second-order valence-corrected chi connectivity index (χ2v) is 10.4. The van der Waals surface area contributed by atoms with E-state index < -0.39 is 0 Å².